The van der Waals surface area contributed by atoms with Gasteiger partial charge < -0.3 is 4.74 Å². The van der Waals surface area contributed by atoms with E-state index in [-0.39, 0.29) is 5.92 Å². The standard InChI is InChI=1S/C22H22ClN2OS/c1-4-17(18-10-7-14-6-8-15(23)12-19(14)24-18)22-25(3)20-11-9-16(26-5-2)13-21(20)27-22/h6-13,17H,4-5H2,1-3H3/q+1. The van der Waals surface area contributed by atoms with Gasteiger partial charge in [-0.1, -0.05) is 42.0 Å². The maximum Gasteiger partial charge on any atom is 0.247 e. The van der Waals surface area contributed by atoms with Crippen LogP contribution in [0, 0.1) is 0 Å². The van der Waals surface area contributed by atoms with Gasteiger partial charge in [0.25, 0.3) is 0 Å². The summed E-state index contributed by atoms with van der Waals surface area (Å²) in [4.78, 5) is 4.93. The number of halogens is 1. The minimum atomic E-state index is 0.242. The number of fused-ring (bicyclic) bond motifs is 2. The van der Waals surface area contributed by atoms with Gasteiger partial charge in [0.05, 0.1) is 23.7 Å². The molecule has 0 aliphatic carbocycles. The van der Waals surface area contributed by atoms with Crippen molar-refractivity contribution < 1.29 is 9.30 Å². The molecule has 0 aliphatic rings. The first-order valence-corrected chi connectivity index (χ1v) is 10.4. The molecule has 27 heavy (non-hydrogen) atoms. The number of nitrogens with zero attached hydrogens (tertiary/aromatic N) is 2. The molecule has 0 spiro atoms. The molecule has 0 saturated heterocycles. The van der Waals surface area contributed by atoms with E-state index in [2.05, 4.69) is 42.8 Å². The molecule has 0 radical (unpaired) electrons. The highest BCUT2D eigenvalue weighted by Gasteiger charge is 2.27. The van der Waals surface area contributed by atoms with E-state index in [9.17, 15) is 0 Å². The molecule has 0 aliphatic heterocycles. The minimum absolute atomic E-state index is 0.242. The second kappa shape index (κ2) is 7.45. The average molecular weight is 398 g/mol. The minimum Gasteiger partial charge on any atom is -0.494 e. The highest BCUT2D eigenvalue weighted by molar-refractivity contribution is 7.18. The van der Waals surface area contributed by atoms with Gasteiger partial charge in [-0.15, -0.1) is 0 Å². The number of rotatable bonds is 5. The van der Waals surface area contributed by atoms with Crippen LogP contribution in [0.5, 0.6) is 5.75 Å². The van der Waals surface area contributed by atoms with Crippen molar-refractivity contribution in [3.63, 3.8) is 0 Å². The topological polar surface area (TPSA) is 26.0 Å². The summed E-state index contributed by atoms with van der Waals surface area (Å²) in [5.41, 5.74) is 3.25. The number of ether oxygens (including phenoxy) is 1. The van der Waals surface area contributed by atoms with Gasteiger partial charge in [0, 0.05) is 22.5 Å². The fraction of sp³-hybridized carbons (Fsp3) is 0.273. The van der Waals surface area contributed by atoms with Gasteiger partial charge in [0.2, 0.25) is 10.5 Å². The number of pyridine rings is 1. The SMILES string of the molecule is CCOc1ccc2c(c1)sc(C(CC)c1ccc3ccc(Cl)cc3n1)[n+]2C. The van der Waals surface area contributed by atoms with Crippen molar-refractivity contribution in [3.8, 4) is 5.75 Å². The third-order valence-electron chi connectivity index (χ3n) is 4.89. The predicted octanol–water partition coefficient (Wildman–Crippen LogP) is 5.87. The van der Waals surface area contributed by atoms with Gasteiger partial charge in [-0.05, 0) is 37.6 Å². The summed E-state index contributed by atoms with van der Waals surface area (Å²) in [7, 11) is 2.13. The van der Waals surface area contributed by atoms with Crippen molar-refractivity contribution in [1.29, 1.82) is 0 Å². The van der Waals surface area contributed by atoms with Gasteiger partial charge in [0.1, 0.15) is 17.5 Å². The maximum atomic E-state index is 6.17. The number of aryl methyl sites for hydroxylation is 1. The first kappa shape index (κ1) is 18.2. The zero-order valence-corrected chi connectivity index (χ0v) is 17.3. The van der Waals surface area contributed by atoms with Crippen LogP contribution in [-0.2, 0) is 7.05 Å². The lowest BCUT2D eigenvalue weighted by Gasteiger charge is -2.11. The summed E-state index contributed by atoms with van der Waals surface area (Å²) in [5, 5.41) is 3.13. The van der Waals surface area contributed by atoms with E-state index in [4.69, 9.17) is 21.3 Å². The smallest absolute Gasteiger partial charge is 0.247 e. The molecule has 0 bridgehead atoms. The first-order chi connectivity index (χ1) is 13.1. The Kier molecular flexibility index (Phi) is 5.02. The van der Waals surface area contributed by atoms with Gasteiger partial charge in [-0.25, -0.2) is 0 Å². The van der Waals surface area contributed by atoms with Crippen molar-refractivity contribution in [1.82, 2.24) is 4.98 Å². The lowest BCUT2D eigenvalue weighted by molar-refractivity contribution is -0.649. The van der Waals surface area contributed by atoms with Crippen molar-refractivity contribution >= 4 is 44.1 Å². The molecule has 0 saturated carbocycles. The molecular weight excluding hydrogens is 376 g/mol. The lowest BCUT2D eigenvalue weighted by Crippen LogP contribution is -2.32. The lowest BCUT2D eigenvalue weighted by atomic mass is 10.0. The van der Waals surface area contributed by atoms with Gasteiger partial charge in [0.15, 0.2) is 0 Å². The molecule has 0 N–H and O–H groups in total. The fourth-order valence-electron chi connectivity index (χ4n) is 3.52. The molecular formula is C22H22ClN2OS+. The van der Waals surface area contributed by atoms with Crippen LogP contribution in [0.25, 0.3) is 21.1 Å². The Balaban J connectivity index is 1.81. The Morgan fingerprint density at radius 1 is 1.11 bits per heavy atom. The second-order valence-corrected chi connectivity index (χ2v) is 8.09. The summed E-state index contributed by atoms with van der Waals surface area (Å²) in [5.74, 6) is 1.16. The van der Waals surface area contributed by atoms with E-state index in [1.165, 1.54) is 15.2 Å². The van der Waals surface area contributed by atoms with Crippen LogP contribution in [0.3, 0.4) is 0 Å². The van der Waals surface area contributed by atoms with Crippen LogP contribution in [-0.4, -0.2) is 11.6 Å². The van der Waals surface area contributed by atoms with E-state index >= 15 is 0 Å². The molecule has 2 aromatic heterocycles. The zero-order valence-electron chi connectivity index (χ0n) is 15.7. The Hall–Kier alpha value is -2.17. The van der Waals surface area contributed by atoms with E-state index in [1.54, 1.807) is 0 Å². The van der Waals surface area contributed by atoms with E-state index in [0.29, 0.717) is 6.61 Å². The Labute approximate surface area is 168 Å². The molecule has 5 heteroatoms. The van der Waals surface area contributed by atoms with Crippen LogP contribution < -0.4 is 9.30 Å². The summed E-state index contributed by atoms with van der Waals surface area (Å²) >= 11 is 7.98. The summed E-state index contributed by atoms with van der Waals surface area (Å²) < 4.78 is 9.19. The summed E-state index contributed by atoms with van der Waals surface area (Å²) in [6.45, 7) is 4.90. The van der Waals surface area contributed by atoms with Crippen molar-refractivity contribution in [3.05, 3.63) is 64.3 Å². The Bertz CT molecular complexity index is 1120. The van der Waals surface area contributed by atoms with Crippen molar-refractivity contribution in [2.75, 3.05) is 6.61 Å². The number of benzene rings is 2. The van der Waals surface area contributed by atoms with E-state index in [1.807, 2.05) is 42.5 Å². The monoisotopic (exact) mass is 397 g/mol. The molecule has 1 unspecified atom stereocenters. The normalized spacial score (nSPS) is 12.6. The Morgan fingerprint density at radius 2 is 1.93 bits per heavy atom. The highest BCUT2D eigenvalue weighted by atomic mass is 35.5. The molecule has 3 nitrogen and oxygen atoms in total. The number of hydrogen-bond donors (Lipinski definition) is 0. The Morgan fingerprint density at radius 3 is 2.70 bits per heavy atom. The number of aromatic nitrogens is 2. The van der Waals surface area contributed by atoms with Gasteiger partial charge in [-0.2, -0.15) is 4.57 Å². The van der Waals surface area contributed by atoms with E-state index in [0.717, 1.165) is 33.8 Å². The molecule has 1 atom stereocenters. The molecule has 0 amide bonds. The molecule has 138 valence electrons. The predicted molar refractivity (Wildman–Crippen MR) is 113 cm³/mol. The summed E-state index contributed by atoms with van der Waals surface area (Å²) in [6, 6.07) is 16.5. The maximum absolute atomic E-state index is 6.17. The van der Waals surface area contributed by atoms with Crippen LogP contribution in [0.15, 0.2) is 48.5 Å². The molecule has 2 heterocycles. The molecule has 4 aromatic rings. The third-order valence-corrected chi connectivity index (χ3v) is 6.44. The average Bonchev–Trinajstić information content (AvgIpc) is 2.98. The first-order valence-electron chi connectivity index (χ1n) is 9.22. The fourth-order valence-corrected chi connectivity index (χ4v) is 5.07. The van der Waals surface area contributed by atoms with Crippen LogP contribution >= 0.6 is 22.9 Å². The third kappa shape index (κ3) is 3.40. The largest absolute Gasteiger partial charge is 0.494 e. The molecule has 4 rings (SSSR count). The van der Waals surface area contributed by atoms with Gasteiger partial charge >= 0.3 is 0 Å². The van der Waals surface area contributed by atoms with Crippen molar-refractivity contribution in [2.45, 2.75) is 26.2 Å². The zero-order chi connectivity index (χ0) is 19.0. The van der Waals surface area contributed by atoms with Crippen LogP contribution in [0.2, 0.25) is 5.02 Å². The molecule has 2 aromatic carbocycles. The summed E-state index contributed by atoms with van der Waals surface area (Å²) in [6.07, 6.45) is 0.984. The van der Waals surface area contributed by atoms with Gasteiger partial charge in [-0.3, -0.25) is 4.98 Å². The quantitative estimate of drug-likeness (QED) is 0.394. The van der Waals surface area contributed by atoms with Crippen LogP contribution in [0.1, 0.15) is 36.9 Å². The number of thiazole rings is 1. The van der Waals surface area contributed by atoms with E-state index < -0.39 is 0 Å². The second-order valence-electron chi connectivity index (χ2n) is 6.60. The highest BCUT2D eigenvalue weighted by Crippen LogP contribution is 2.34. The van der Waals surface area contributed by atoms with Crippen molar-refractivity contribution in [2.24, 2.45) is 7.05 Å². The number of hydrogen-bond acceptors (Lipinski definition) is 3. The van der Waals surface area contributed by atoms with Crippen LogP contribution in [0.4, 0.5) is 0 Å². The molecule has 0 fully saturated rings.